The number of hydrogen-bond acceptors (Lipinski definition) is 5. The molecular weight excluding hydrogens is 422 g/mol. The van der Waals surface area contributed by atoms with E-state index < -0.39 is 0 Å². The van der Waals surface area contributed by atoms with Crippen LogP contribution in [0.4, 0.5) is 5.00 Å². The maximum absolute atomic E-state index is 12.6. The first-order chi connectivity index (χ1) is 15.1. The van der Waals surface area contributed by atoms with Crippen LogP contribution in [-0.2, 0) is 22.4 Å². The largest absolute Gasteiger partial charge is 0.493 e. The van der Waals surface area contributed by atoms with E-state index in [1.165, 1.54) is 28.9 Å². The van der Waals surface area contributed by atoms with Crippen molar-refractivity contribution in [3.63, 3.8) is 0 Å². The summed E-state index contributed by atoms with van der Waals surface area (Å²) in [6.45, 7) is 11.3. The molecular formula is C26H35NO4S. The minimum atomic E-state index is -0.370. The summed E-state index contributed by atoms with van der Waals surface area (Å²) in [5.41, 5.74) is 4.10. The van der Waals surface area contributed by atoms with Gasteiger partial charge in [0.15, 0.2) is 0 Å². The van der Waals surface area contributed by atoms with Crippen molar-refractivity contribution in [3.8, 4) is 5.75 Å². The number of fused-ring (bicyclic) bond motifs is 1. The third-order valence-corrected chi connectivity index (χ3v) is 7.44. The van der Waals surface area contributed by atoms with Crippen LogP contribution in [0, 0.1) is 25.2 Å². The Balaban J connectivity index is 1.62. The SMILES string of the molecule is COC(=O)c1c(NC(=O)CCCOc2ccc(C)cc2C)sc2c1CCC(C(C)(C)C)C2. The highest BCUT2D eigenvalue weighted by Gasteiger charge is 2.34. The number of carbonyl (C=O) groups excluding carboxylic acids is 2. The van der Waals surface area contributed by atoms with E-state index in [9.17, 15) is 9.59 Å². The van der Waals surface area contributed by atoms with E-state index in [1.807, 2.05) is 19.1 Å². The second-order valence-electron chi connectivity index (χ2n) is 9.77. The van der Waals surface area contributed by atoms with Gasteiger partial charge < -0.3 is 14.8 Å². The van der Waals surface area contributed by atoms with Crippen molar-refractivity contribution in [2.75, 3.05) is 19.0 Å². The van der Waals surface area contributed by atoms with Crippen LogP contribution in [0.3, 0.4) is 0 Å². The minimum absolute atomic E-state index is 0.106. The Morgan fingerprint density at radius 2 is 1.97 bits per heavy atom. The number of rotatable bonds is 7. The zero-order valence-corrected chi connectivity index (χ0v) is 20.9. The lowest BCUT2D eigenvalue weighted by atomic mass is 9.72. The predicted molar refractivity (Wildman–Crippen MR) is 130 cm³/mol. The second-order valence-corrected chi connectivity index (χ2v) is 10.9. The Kier molecular flexibility index (Phi) is 7.65. The molecule has 1 atom stereocenters. The van der Waals surface area contributed by atoms with E-state index in [2.05, 4.69) is 39.1 Å². The van der Waals surface area contributed by atoms with Gasteiger partial charge in [0.2, 0.25) is 5.91 Å². The molecule has 32 heavy (non-hydrogen) atoms. The molecule has 0 saturated carbocycles. The molecule has 0 radical (unpaired) electrons. The highest BCUT2D eigenvalue weighted by Crippen LogP contribution is 2.44. The molecule has 1 aliphatic carbocycles. The summed E-state index contributed by atoms with van der Waals surface area (Å²) in [6, 6.07) is 6.07. The number of anilines is 1. The second kappa shape index (κ2) is 10.1. The Hall–Kier alpha value is -2.34. The van der Waals surface area contributed by atoms with E-state index in [-0.39, 0.29) is 17.3 Å². The van der Waals surface area contributed by atoms with Gasteiger partial charge in [0.25, 0.3) is 0 Å². The first kappa shape index (κ1) is 24.3. The van der Waals surface area contributed by atoms with Gasteiger partial charge in [-0.2, -0.15) is 0 Å². The Morgan fingerprint density at radius 3 is 2.62 bits per heavy atom. The number of thiophene rings is 1. The van der Waals surface area contributed by atoms with Gasteiger partial charge in [0, 0.05) is 11.3 Å². The third kappa shape index (κ3) is 5.71. The molecule has 1 aromatic carbocycles. The average Bonchev–Trinajstić information content (AvgIpc) is 3.08. The lowest BCUT2D eigenvalue weighted by Crippen LogP contribution is -2.26. The van der Waals surface area contributed by atoms with E-state index in [4.69, 9.17) is 9.47 Å². The maximum Gasteiger partial charge on any atom is 0.341 e. The molecule has 0 spiro atoms. The molecule has 1 aromatic heterocycles. The van der Waals surface area contributed by atoms with Crippen molar-refractivity contribution in [1.29, 1.82) is 0 Å². The molecule has 1 unspecified atom stereocenters. The Labute approximate surface area is 195 Å². The summed E-state index contributed by atoms with van der Waals surface area (Å²) >= 11 is 1.53. The number of methoxy groups -OCH3 is 1. The zero-order valence-electron chi connectivity index (χ0n) is 20.1. The highest BCUT2D eigenvalue weighted by atomic mass is 32.1. The summed E-state index contributed by atoms with van der Waals surface area (Å²) in [6.07, 6.45) is 3.76. The van der Waals surface area contributed by atoms with Gasteiger partial charge in [-0.25, -0.2) is 4.79 Å². The quantitative estimate of drug-likeness (QED) is 0.403. The Bertz CT molecular complexity index is 986. The molecule has 1 amide bonds. The molecule has 1 aliphatic rings. The molecule has 3 rings (SSSR count). The summed E-state index contributed by atoms with van der Waals surface area (Å²) in [5.74, 6) is 0.934. The van der Waals surface area contributed by atoms with Crippen LogP contribution in [0.1, 0.15) is 72.0 Å². The molecule has 5 nitrogen and oxygen atoms in total. The molecule has 1 N–H and O–H groups in total. The van der Waals surface area contributed by atoms with Crippen LogP contribution in [0.25, 0.3) is 0 Å². The lowest BCUT2D eigenvalue weighted by Gasteiger charge is -2.33. The molecule has 174 valence electrons. The number of aryl methyl sites for hydroxylation is 2. The van der Waals surface area contributed by atoms with Crippen LogP contribution in [0.5, 0.6) is 5.75 Å². The average molecular weight is 458 g/mol. The number of ether oxygens (including phenoxy) is 2. The lowest BCUT2D eigenvalue weighted by molar-refractivity contribution is -0.116. The van der Waals surface area contributed by atoms with Gasteiger partial charge in [0.05, 0.1) is 19.3 Å². The minimum Gasteiger partial charge on any atom is -0.493 e. The first-order valence-corrected chi connectivity index (χ1v) is 12.1. The predicted octanol–water partition coefficient (Wildman–Crippen LogP) is 6.10. The summed E-state index contributed by atoms with van der Waals surface area (Å²) in [7, 11) is 1.39. The standard InChI is InChI=1S/C26H35NO4S/c1-16-9-12-20(17(2)14-16)31-13-7-8-22(28)27-24-23(25(29)30-6)19-11-10-18(26(3,4)5)15-21(19)32-24/h9,12,14,18H,7-8,10-11,13,15H2,1-6H3,(H,27,28). The van der Waals surface area contributed by atoms with Crippen molar-refractivity contribution < 1.29 is 19.1 Å². The monoisotopic (exact) mass is 457 g/mol. The van der Waals surface area contributed by atoms with Crippen molar-refractivity contribution in [1.82, 2.24) is 0 Å². The summed E-state index contributed by atoms with van der Waals surface area (Å²) in [4.78, 5) is 26.3. The molecule has 6 heteroatoms. The van der Waals surface area contributed by atoms with E-state index >= 15 is 0 Å². The number of esters is 1. The zero-order chi connectivity index (χ0) is 23.5. The van der Waals surface area contributed by atoms with Gasteiger partial charge in [-0.3, -0.25) is 4.79 Å². The highest BCUT2D eigenvalue weighted by molar-refractivity contribution is 7.17. The number of nitrogens with one attached hydrogen (secondary N) is 1. The van der Waals surface area contributed by atoms with Crippen molar-refractivity contribution in [2.24, 2.45) is 11.3 Å². The van der Waals surface area contributed by atoms with Crippen LogP contribution in [0.15, 0.2) is 18.2 Å². The van der Waals surface area contributed by atoms with Gasteiger partial charge >= 0.3 is 5.97 Å². The van der Waals surface area contributed by atoms with Gasteiger partial charge in [-0.05, 0) is 68.1 Å². The number of benzene rings is 1. The fourth-order valence-corrected chi connectivity index (χ4v) is 5.63. The molecule has 0 bridgehead atoms. The Morgan fingerprint density at radius 1 is 1.22 bits per heavy atom. The number of hydrogen-bond donors (Lipinski definition) is 1. The normalized spacial score (nSPS) is 15.8. The van der Waals surface area contributed by atoms with Crippen molar-refractivity contribution in [2.45, 2.75) is 66.7 Å². The molecule has 0 aliphatic heterocycles. The fraction of sp³-hybridized carbons (Fsp3) is 0.538. The maximum atomic E-state index is 12.6. The van der Waals surface area contributed by atoms with Gasteiger partial charge in [-0.1, -0.05) is 38.5 Å². The molecule has 2 aromatic rings. The molecule has 1 heterocycles. The van der Waals surface area contributed by atoms with Crippen molar-refractivity contribution in [3.05, 3.63) is 45.3 Å². The number of carbonyl (C=O) groups is 2. The molecule has 0 fully saturated rings. The van der Waals surface area contributed by atoms with Crippen LogP contribution in [-0.4, -0.2) is 25.6 Å². The third-order valence-electron chi connectivity index (χ3n) is 6.27. The van der Waals surface area contributed by atoms with E-state index in [0.29, 0.717) is 35.9 Å². The van der Waals surface area contributed by atoms with Crippen molar-refractivity contribution >= 4 is 28.2 Å². The number of amides is 1. The van der Waals surface area contributed by atoms with Gasteiger partial charge in [-0.15, -0.1) is 11.3 Å². The van der Waals surface area contributed by atoms with E-state index in [1.54, 1.807) is 0 Å². The first-order valence-electron chi connectivity index (χ1n) is 11.3. The smallest absolute Gasteiger partial charge is 0.341 e. The molecule has 0 saturated heterocycles. The topological polar surface area (TPSA) is 64.6 Å². The fourth-order valence-electron chi connectivity index (χ4n) is 4.30. The summed E-state index contributed by atoms with van der Waals surface area (Å²) in [5, 5.41) is 3.60. The van der Waals surface area contributed by atoms with Crippen LogP contribution >= 0.6 is 11.3 Å². The summed E-state index contributed by atoms with van der Waals surface area (Å²) < 4.78 is 10.9. The van der Waals surface area contributed by atoms with Gasteiger partial charge in [0.1, 0.15) is 10.8 Å². The van der Waals surface area contributed by atoms with Crippen LogP contribution < -0.4 is 10.1 Å². The van der Waals surface area contributed by atoms with Crippen LogP contribution in [0.2, 0.25) is 0 Å². The van der Waals surface area contributed by atoms with E-state index in [0.717, 1.165) is 36.1 Å².